The topological polar surface area (TPSA) is 180 Å². The van der Waals surface area contributed by atoms with Crippen molar-refractivity contribution in [1.29, 1.82) is 0 Å². The normalized spacial score (nSPS) is 12.8. The Bertz CT molecular complexity index is 871. The van der Waals surface area contributed by atoms with Crippen molar-refractivity contribution in [1.82, 2.24) is 10.6 Å². The van der Waals surface area contributed by atoms with Crippen molar-refractivity contribution < 1.29 is 39.9 Å². The maximum absolute atomic E-state index is 13.0. The zero-order valence-electron chi connectivity index (χ0n) is 17.6. The van der Waals surface area contributed by atoms with E-state index < -0.39 is 43.1 Å². The first-order valence-electron chi connectivity index (χ1n) is 9.75. The van der Waals surface area contributed by atoms with Crippen LogP contribution in [0.25, 0.3) is 0 Å². The highest BCUT2D eigenvalue weighted by Crippen LogP contribution is 2.38. The molecule has 0 saturated heterocycles. The van der Waals surface area contributed by atoms with Gasteiger partial charge in [0.2, 0.25) is 5.91 Å². The molecule has 0 spiro atoms. The fraction of sp³-hybridized carbons (Fsp3) is 0.526. The van der Waals surface area contributed by atoms with Crippen LogP contribution in [0.4, 0.5) is 5.69 Å². The van der Waals surface area contributed by atoms with Crippen molar-refractivity contribution in [2.75, 3.05) is 44.4 Å². The van der Waals surface area contributed by atoms with Gasteiger partial charge in [-0.3, -0.25) is 14.4 Å². The number of hydrogen-bond acceptors (Lipinski definition) is 8. The summed E-state index contributed by atoms with van der Waals surface area (Å²) in [7, 11) is 0. The monoisotopic (exact) mass is 805 g/mol. The Kier molecular flexibility index (Phi) is 13.8. The Morgan fingerprint density at radius 3 is 1.85 bits per heavy atom. The van der Waals surface area contributed by atoms with Crippen LogP contribution in [0.3, 0.4) is 0 Å². The Morgan fingerprint density at radius 2 is 1.39 bits per heavy atom. The van der Waals surface area contributed by atoms with Crippen LogP contribution in [0.2, 0.25) is 0 Å². The number of rotatable bonds is 12. The predicted molar refractivity (Wildman–Crippen MR) is 145 cm³/mol. The molecule has 14 heteroatoms. The van der Waals surface area contributed by atoms with Gasteiger partial charge in [0.25, 0.3) is 11.8 Å². The van der Waals surface area contributed by atoms with Gasteiger partial charge in [-0.15, -0.1) is 0 Å². The molecule has 0 heterocycles. The second kappa shape index (κ2) is 14.9. The largest absolute Gasteiger partial charge is 0.395 e. The predicted octanol–water partition coefficient (Wildman–Crippen LogP) is -0.598. The summed E-state index contributed by atoms with van der Waals surface area (Å²) in [5.41, 5.74) is 0.512. The summed E-state index contributed by atoms with van der Waals surface area (Å²) in [4.78, 5) is 39.7. The molecular weight excluding hydrogens is 779 g/mol. The number of amides is 3. The maximum atomic E-state index is 13.0. The van der Waals surface area contributed by atoms with Gasteiger partial charge in [-0.05, 0) is 74.2 Å². The molecule has 0 aromatic heterocycles. The molecule has 1 rings (SSSR count). The highest BCUT2D eigenvalue weighted by atomic mass is 127. The van der Waals surface area contributed by atoms with E-state index in [2.05, 4.69) is 10.6 Å². The Labute approximate surface area is 231 Å². The van der Waals surface area contributed by atoms with E-state index >= 15 is 0 Å². The number of carbonyl (C=O) groups is 3. The Balaban J connectivity index is 3.69. The number of nitrogens with zero attached hydrogens (tertiary/aromatic N) is 1. The number of halogens is 3. The number of anilines is 1. The molecule has 0 aliphatic heterocycles. The number of carbonyl (C=O) groups excluding carboxylic acids is 3. The minimum atomic E-state index is -1.17. The zero-order valence-corrected chi connectivity index (χ0v) is 24.1. The molecule has 0 aliphatic carbocycles. The van der Waals surface area contributed by atoms with E-state index in [-0.39, 0.29) is 49.5 Å². The molecule has 0 saturated carbocycles. The first-order valence-corrected chi connectivity index (χ1v) is 13.0. The maximum Gasteiger partial charge on any atom is 0.253 e. The molecule has 186 valence electrons. The smallest absolute Gasteiger partial charge is 0.253 e. The van der Waals surface area contributed by atoms with Gasteiger partial charge < -0.3 is 41.1 Å². The number of benzene rings is 1. The molecule has 1 aromatic carbocycles. The summed E-state index contributed by atoms with van der Waals surface area (Å²) in [6.07, 6.45) is -2.17. The van der Waals surface area contributed by atoms with Crippen molar-refractivity contribution >= 4 is 91.2 Å². The van der Waals surface area contributed by atoms with Gasteiger partial charge in [-0.1, -0.05) is 0 Å². The van der Waals surface area contributed by atoms with Gasteiger partial charge in [0.15, 0.2) is 0 Å². The summed E-state index contributed by atoms with van der Waals surface area (Å²) in [5, 5.41) is 51.6. The van der Waals surface area contributed by atoms with Crippen molar-refractivity contribution in [3.05, 3.63) is 21.8 Å². The lowest BCUT2D eigenvalue weighted by Crippen LogP contribution is -2.38. The minimum absolute atomic E-state index is 0.0182. The molecule has 0 bridgehead atoms. The molecule has 2 atom stereocenters. The van der Waals surface area contributed by atoms with Crippen molar-refractivity contribution in [2.45, 2.75) is 25.6 Å². The molecule has 7 N–H and O–H groups in total. The third kappa shape index (κ3) is 8.36. The molecule has 0 radical (unpaired) electrons. The third-order valence-electron chi connectivity index (χ3n) is 4.40. The molecule has 1 aromatic rings. The first kappa shape index (κ1) is 30.7. The van der Waals surface area contributed by atoms with Gasteiger partial charge in [0.1, 0.15) is 0 Å². The molecule has 11 nitrogen and oxygen atoms in total. The fourth-order valence-corrected chi connectivity index (χ4v) is 7.43. The Morgan fingerprint density at radius 1 is 0.879 bits per heavy atom. The second-order valence-electron chi connectivity index (χ2n) is 6.86. The third-order valence-corrected chi connectivity index (χ3v) is 7.58. The van der Waals surface area contributed by atoms with Gasteiger partial charge in [0, 0.05) is 30.1 Å². The zero-order chi connectivity index (χ0) is 25.3. The highest BCUT2D eigenvalue weighted by Gasteiger charge is 2.31. The van der Waals surface area contributed by atoms with Gasteiger partial charge in [0.05, 0.1) is 56.0 Å². The average molecular weight is 805 g/mol. The standard InChI is InChI=1S/C19H26I3N3O8/c1-9(29)25(4-2-10(30)7-27)17-15(21)12(18(32)23-3-5-26)14(20)13(16(17)22)19(33)24-6-11(31)8-28/h10-11,26-28,30-31H,2-8H2,1H3,(H,23,32)(H,24,33). The van der Waals surface area contributed by atoms with E-state index in [0.29, 0.717) is 10.7 Å². The average Bonchev–Trinajstić information content (AvgIpc) is 2.77. The quantitative estimate of drug-likeness (QED) is 0.137. The van der Waals surface area contributed by atoms with E-state index in [1.807, 2.05) is 67.8 Å². The molecule has 0 fully saturated rings. The van der Waals surface area contributed by atoms with E-state index in [1.165, 1.54) is 11.8 Å². The first-order chi connectivity index (χ1) is 15.5. The van der Waals surface area contributed by atoms with Crippen LogP contribution in [0, 0.1) is 10.7 Å². The second-order valence-corrected chi connectivity index (χ2v) is 10.1. The lowest BCUT2D eigenvalue weighted by Gasteiger charge is -2.28. The molecule has 0 aliphatic rings. The number of nitrogens with one attached hydrogen (secondary N) is 2. The SMILES string of the molecule is CC(=O)N(CCC(O)CO)c1c(I)c(C(=O)NCCO)c(I)c(C(=O)NCC(O)CO)c1I. The van der Waals surface area contributed by atoms with Crippen molar-refractivity contribution in [2.24, 2.45) is 0 Å². The van der Waals surface area contributed by atoms with Crippen LogP contribution in [0.5, 0.6) is 0 Å². The lowest BCUT2D eigenvalue weighted by molar-refractivity contribution is -0.116. The van der Waals surface area contributed by atoms with Crippen LogP contribution in [0.1, 0.15) is 34.1 Å². The minimum Gasteiger partial charge on any atom is -0.395 e. The van der Waals surface area contributed by atoms with E-state index in [0.717, 1.165) is 0 Å². The fourth-order valence-electron chi connectivity index (χ4n) is 2.70. The number of aliphatic hydroxyl groups is 5. The summed E-state index contributed by atoms with van der Waals surface area (Å²) < 4.78 is 1.05. The van der Waals surface area contributed by atoms with Crippen LogP contribution in [-0.2, 0) is 4.79 Å². The summed E-state index contributed by atoms with van der Waals surface area (Å²) >= 11 is 5.66. The van der Waals surface area contributed by atoms with Crippen molar-refractivity contribution in [3.8, 4) is 0 Å². The summed E-state index contributed by atoms with van der Waals surface area (Å²) in [6.45, 7) is -0.247. The van der Waals surface area contributed by atoms with Gasteiger partial charge in [-0.2, -0.15) is 0 Å². The number of hydrogen-bond donors (Lipinski definition) is 7. The molecule has 33 heavy (non-hydrogen) atoms. The van der Waals surface area contributed by atoms with Gasteiger partial charge >= 0.3 is 0 Å². The van der Waals surface area contributed by atoms with Crippen LogP contribution in [0.15, 0.2) is 0 Å². The van der Waals surface area contributed by atoms with Gasteiger partial charge in [-0.25, -0.2) is 0 Å². The van der Waals surface area contributed by atoms with Crippen LogP contribution < -0.4 is 15.5 Å². The van der Waals surface area contributed by atoms with Crippen LogP contribution >= 0.6 is 67.8 Å². The Hall–Kier alpha value is -0.380. The number of aliphatic hydroxyl groups excluding tert-OH is 5. The van der Waals surface area contributed by atoms with Crippen molar-refractivity contribution in [3.63, 3.8) is 0 Å². The van der Waals surface area contributed by atoms with E-state index in [4.69, 9.17) is 15.3 Å². The highest BCUT2D eigenvalue weighted by molar-refractivity contribution is 14.1. The molecule has 3 amide bonds. The summed E-state index contributed by atoms with van der Waals surface area (Å²) in [5.74, 6) is -1.58. The van der Waals surface area contributed by atoms with Crippen LogP contribution in [-0.4, -0.2) is 94.9 Å². The van der Waals surface area contributed by atoms with E-state index in [1.54, 1.807) is 0 Å². The van der Waals surface area contributed by atoms with E-state index in [9.17, 15) is 24.6 Å². The summed E-state index contributed by atoms with van der Waals surface area (Å²) in [6, 6.07) is 0. The molecule has 2 unspecified atom stereocenters. The molecular formula is C19H26I3N3O8. The lowest BCUT2D eigenvalue weighted by atomic mass is 10.1.